The van der Waals surface area contributed by atoms with E-state index in [-0.39, 0.29) is 12.3 Å². The van der Waals surface area contributed by atoms with Crippen molar-refractivity contribution >= 4 is 6.09 Å². The largest absolute Gasteiger partial charge is 0.447 e. The molecular formula is C8H17NO3. The van der Waals surface area contributed by atoms with Gasteiger partial charge < -0.3 is 9.47 Å². The molecule has 0 bridgehead atoms. The normalized spacial score (nSPS) is 12.8. The quantitative estimate of drug-likeness (QED) is 0.659. The van der Waals surface area contributed by atoms with Gasteiger partial charge in [-0.1, -0.05) is 6.92 Å². The van der Waals surface area contributed by atoms with Gasteiger partial charge in [0, 0.05) is 7.11 Å². The molecule has 0 aliphatic rings. The molecule has 0 spiro atoms. The second-order valence-electron chi connectivity index (χ2n) is 2.73. The Labute approximate surface area is 73.2 Å². The number of amides is 1. The summed E-state index contributed by atoms with van der Waals surface area (Å²) in [6, 6.07) is 0. The van der Waals surface area contributed by atoms with Gasteiger partial charge in [0.1, 0.15) is 6.23 Å². The molecule has 0 saturated heterocycles. The first-order chi connectivity index (χ1) is 5.60. The van der Waals surface area contributed by atoms with E-state index in [0.717, 1.165) is 6.42 Å². The topological polar surface area (TPSA) is 47.6 Å². The van der Waals surface area contributed by atoms with Gasteiger partial charge >= 0.3 is 6.09 Å². The molecule has 0 saturated carbocycles. The second-order valence-corrected chi connectivity index (χ2v) is 2.73. The fourth-order valence-corrected chi connectivity index (χ4v) is 0.707. The van der Waals surface area contributed by atoms with Crippen molar-refractivity contribution in [1.82, 2.24) is 5.32 Å². The molecule has 1 atom stereocenters. The number of alkyl carbamates (subject to hydrolysis) is 1. The van der Waals surface area contributed by atoms with Gasteiger partial charge in [-0.05, 0) is 20.3 Å². The van der Waals surface area contributed by atoms with Crippen molar-refractivity contribution in [2.24, 2.45) is 0 Å². The van der Waals surface area contributed by atoms with Gasteiger partial charge in [-0.15, -0.1) is 0 Å². The smallest absolute Gasteiger partial charge is 0.409 e. The van der Waals surface area contributed by atoms with Crippen molar-refractivity contribution in [3.05, 3.63) is 0 Å². The lowest BCUT2D eigenvalue weighted by Gasteiger charge is -2.15. The van der Waals surface area contributed by atoms with Gasteiger partial charge in [0.2, 0.25) is 0 Å². The number of hydrogen-bond acceptors (Lipinski definition) is 3. The van der Waals surface area contributed by atoms with Crippen LogP contribution in [0.25, 0.3) is 0 Å². The van der Waals surface area contributed by atoms with Crippen molar-refractivity contribution in [3.63, 3.8) is 0 Å². The highest BCUT2D eigenvalue weighted by Gasteiger charge is 2.10. The van der Waals surface area contributed by atoms with E-state index in [4.69, 9.17) is 9.47 Å². The van der Waals surface area contributed by atoms with E-state index in [0.29, 0.717) is 0 Å². The molecule has 4 nitrogen and oxygen atoms in total. The van der Waals surface area contributed by atoms with Crippen LogP contribution in [-0.4, -0.2) is 25.5 Å². The summed E-state index contributed by atoms with van der Waals surface area (Å²) in [5.74, 6) is 0. The summed E-state index contributed by atoms with van der Waals surface area (Å²) in [5, 5.41) is 2.56. The number of methoxy groups -OCH3 is 1. The maximum Gasteiger partial charge on any atom is 0.409 e. The van der Waals surface area contributed by atoms with Crippen LogP contribution in [-0.2, 0) is 9.47 Å². The highest BCUT2D eigenvalue weighted by Crippen LogP contribution is 1.94. The van der Waals surface area contributed by atoms with Crippen LogP contribution in [0.2, 0.25) is 0 Å². The van der Waals surface area contributed by atoms with E-state index < -0.39 is 6.09 Å². The zero-order valence-corrected chi connectivity index (χ0v) is 8.09. The van der Waals surface area contributed by atoms with Crippen LogP contribution in [0, 0.1) is 0 Å². The molecule has 0 aliphatic heterocycles. The number of carbonyl (C=O) groups is 1. The van der Waals surface area contributed by atoms with Crippen LogP contribution in [0.5, 0.6) is 0 Å². The van der Waals surface area contributed by atoms with Crippen molar-refractivity contribution < 1.29 is 14.3 Å². The van der Waals surface area contributed by atoms with Gasteiger partial charge in [-0.2, -0.15) is 0 Å². The molecule has 72 valence electrons. The van der Waals surface area contributed by atoms with Gasteiger partial charge in [-0.3, -0.25) is 5.32 Å². The summed E-state index contributed by atoms with van der Waals surface area (Å²) in [4.78, 5) is 11.0. The number of carbonyl (C=O) groups excluding carboxylic acids is 1. The number of rotatable bonds is 4. The molecule has 0 aliphatic carbocycles. The summed E-state index contributed by atoms with van der Waals surface area (Å²) >= 11 is 0. The fraction of sp³-hybridized carbons (Fsp3) is 0.875. The van der Waals surface area contributed by atoms with Gasteiger partial charge in [0.25, 0.3) is 0 Å². The Kier molecular flexibility index (Phi) is 5.45. The summed E-state index contributed by atoms with van der Waals surface area (Å²) in [6.07, 6.45) is -0.0572. The predicted molar refractivity (Wildman–Crippen MR) is 45.8 cm³/mol. The van der Waals surface area contributed by atoms with Crippen LogP contribution >= 0.6 is 0 Å². The zero-order valence-electron chi connectivity index (χ0n) is 8.09. The van der Waals surface area contributed by atoms with Crippen LogP contribution in [0.15, 0.2) is 0 Å². The monoisotopic (exact) mass is 175 g/mol. The first-order valence-corrected chi connectivity index (χ1v) is 4.10. The third kappa shape index (κ3) is 4.96. The Morgan fingerprint density at radius 1 is 1.50 bits per heavy atom. The first kappa shape index (κ1) is 11.2. The second kappa shape index (κ2) is 5.83. The van der Waals surface area contributed by atoms with Gasteiger partial charge in [-0.25, -0.2) is 4.79 Å². The molecule has 12 heavy (non-hydrogen) atoms. The standard InChI is InChI=1S/C8H17NO3/c1-5-7(11-4)9-8(10)12-6(2)3/h6-7H,5H2,1-4H3,(H,9,10). The summed E-state index contributed by atoms with van der Waals surface area (Å²) in [5.41, 5.74) is 0. The molecule has 1 N–H and O–H groups in total. The summed E-state index contributed by atoms with van der Waals surface area (Å²) < 4.78 is 9.79. The number of ether oxygens (including phenoxy) is 2. The molecule has 1 unspecified atom stereocenters. The average molecular weight is 175 g/mol. The van der Waals surface area contributed by atoms with Gasteiger partial charge in [0.15, 0.2) is 0 Å². The van der Waals surface area contributed by atoms with E-state index >= 15 is 0 Å². The molecular weight excluding hydrogens is 158 g/mol. The lowest BCUT2D eigenvalue weighted by Crippen LogP contribution is -2.37. The summed E-state index contributed by atoms with van der Waals surface area (Å²) in [6.45, 7) is 5.52. The molecule has 0 heterocycles. The van der Waals surface area contributed by atoms with E-state index in [1.54, 1.807) is 21.0 Å². The van der Waals surface area contributed by atoms with E-state index in [1.165, 1.54) is 0 Å². The predicted octanol–water partition coefficient (Wildman–Crippen LogP) is 1.50. The average Bonchev–Trinajstić information content (AvgIpc) is 1.98. The van der Waals surface area contributed by atoms with Crippen molar-refractivity contribution in [1.29, 1.82) is 0 Å². The fourth-order valence-electron chi connectivity index (χ4n) is 0.707. The maximum absolute atomic E-state index is 11.0. The Bertz CT molecular complexity index is 132. The third-order valence-corrected chi connectivity index (χ3v) is 1.28. The minimum absolute atomic E-state index is 0.0978. The van der Waals surface area contributed by atoms with Crippen LogP contribution < -0.4 is 5.32 Å². The first-order valence-electron chi connectivity index (χ1n) is 4.10. The molecule has 0 fully saturated rings. The molecule has 0 aromatic carbocycles. The minimum Gasteiger partial charge on any atom is -0.447 e. The Balaban J connectivity index is 3.66. The Hall–Kier alpha value is -0.770. The van der Waals surface area contributed by atoms with Crippen LogP contribution in [0.1, 0.15) is 27.2 Å². The summed E-state index contributed by atoms with van der Waals surface area (Å²) in [7, 11) is 1.55. The van der Waals surface area contributed by atoms with E-state index in [9.17, 15) is 4.79 Å². The SMILES string of the molecule is CCC(NC(=O)OC(C)C)OC. The van der Waals surface area contributed by atoms with Crippen molar-refractivity contribution in [2.45, 2.75) is 39.5 Å². The lowest BCUT2D eigenvalue weighted by molar-refractivity contribution is 0.0510. The Morgan fingerprint density at radius 2 is 2.08 bits per heavy atom. The van der Waals surface area contributed by atoms with Crippen LogP contribution in [0.4, 0.5) is 4.79 Å². The minimum atomic E-state index is -0.432. The van der Waals surface area contributed by atoms with E-state index in [1.807, 2.05) is 6.92 Å². The molecule has 0 aromatic heterocycles. The van der Waals surface area contributed by atoms with Crippen molar-refractivity contribution in [2.75, 3.05) is 7.11 Å². The molecule has 4 heteroatoms. The third-order valence-electron chi connectivity index (χ3n) is 1.28. The molecule has 0 rings (SSSR count). The maximum atomic E-state index is 11.0. The van der Waals surface area contributed by atoms with E-state index in [2.05, 4.69) is 5.32 Å². The van der Waals surface area contributed by atoms with Gasteiger partial charge in [0.05, 0.1) is 6.10 Å². The molecule has 0 aromatic rings. The molecule has 0 radical (unpaired) electrons. The van der Waals surface area contributed by atoms with Crippen LogP contribution in [0.3, 0.4) is 0 Å². The van der Waals surface area contributed by atoms with Crippen molar-refractivity contribution in [3.8, 4) is 0 Å². The number of hydrogen-bond donors (Lipinski definition) is 1. The highest BCUT2D eigenvalue weighted by atomic mass is 16.6. The lowest BCUT2D eigenvalue weighted by atomic mass is 10.4. The number of nitrogens with one attached hydrogen (secondary N) is 1. The Morgan fingerprint density at radius 3 is 2.42 bits per heavy atom. The zero-order chi connectivity index (χ0) is 9.56. The highest BCUT2D eigenvalue weighted by molar-refractivity contribution is 5.67. The molecule has 1 amide bonds.